The van der Waals surface area contributed by atoms with E-state index in [0.29, 0.717) is 0 Å². The molecule has 1 aliphatic carbocycles. The van der Waals surface area contributed by atoms with E-state index in [-0.39, 0.29) is 0 Å². The number of aromatic amines is 1. The maximum atomic E-state index is 3.68. The Labute approximate surface area is 113 Å². The molecule has 19 heavy (non-hydrogen) atoms. The van der Waals surface area contributed by atoms with Crippen LogP contribution in [0.3, 0.4) is 0 Å². The van der Waals surface area contributed by atoms with Gasteiger partial charge in [-0.1, -0.05) is 36.4 Å². The van der Waals surface area contributed by atoms with Gasteiger partial charge in [-0.05, 0) is 48.9 Å². The van der Waals surface area contributed by atoms with E-state index < -0.39 is 0 Å². The quantitative estimate of drug-likeness (QED) is 0.600. The number of benzene rings is 2. The average Bonchev–Trinajstić information content (AvgIpc) is 2.84. The van der Waals surface area contributed by atoms with Crippen LogP contribution in [-0.2, 0) is 12.8 Å². The molecule has 1 heteroatoms. The number of aromatic nitrogens is 1. The summed E-state index contributed by atoms with van der Waals surface area (Å²) in [5.41, 5.74) is 9.76. The number of hydrogen-bond donors (Lipinski definition) is 1. The number of H-pyrrole nitrogens is 1. The van der Waals surface area contributed by atoms with Gasteiger partial charge in [0.1, 0.15) is 0 Å². The fourth-order valence-electron chi connectivity index (χ4n) is 3.41. The molecule has 0 unspecified atom stereocenters. The van der Waals surface area contributed by atoms with Gasteiger partial charge in [-0.15, -0.1) is 0 Å². The standard InChI is InChI=1S/C18H17N/c1-11-7-8-12(2)17-16(11)15-10-9-13-5-3-4-6-14(13)18(15)19-17/h3-8,19H,9-10H2,1-2H3. The molecule has 1 N–H and O–H groups in total. The molecule has 1 heterocycles. The molecule has 0 atom stereocenters. The van der Waals surface area contributed by atoms with Crippen molar-refractivity contribution in [2.75, 3.05) is 0 Å². The predicted octanol–water partition coefficient (Wildman–Crippen LogP) is 4.55. The number of hydrogen-bond acceptors (Lipinski definition) is 0. The van der Waals surface area contributed by atoms with E-state index in [9.17, 15) is 0 Å². The van der Waals surface area contributed by atoms with Gasteiger partial charge < -0.3 is 4.98 Å². The second kappa shape index (κ2) is 3.74. The van der Waals surface area contributed by atoms with Crippen LogP contribution in [0.5, 0.6) is 0 Å². The fourth-order valence-corrected chi connectivity index (χ4v) is 3.41. The number of rotatable bonds is 0. The highest BCUT2D eigenvalue weighted by Gasteiger charge is 2.21. The van der Waals surface area contributed by atoms with E-state index in [4.69, 9.17) is 0 Å². The molecule has 94 valence electrons. The smallest absolute Gasteiger partial charge is 0.0500 e. The molecule has 0 amide bonds. The summed E-state index contributed by atoms with van der Waals surface area (Å²) in [4.78, 5) is 3.68. The summed E-state index contributed by atoms with van der Waals surface area (Å²) in [6.45, 7) is 4.41. The third-order valence-corrected chi connectivity index (χ3v) is 4.41. The van der Waals surface area contributed by atoms with E-state index in [1.165, 1.54) is 44.4 Å². The second-order valence-corrected chi connectivity index (χ2v) is 5.59. The van der Waals surface area contributed by atoms with Crippen LogP contribution in [0.2, 0.25) is 0 Å². The summed E-state index contributed by atoms with van der Waals surface area (Å²) in [6.07, 6.45) is 2.31. The Balaban J connectivity index is 2.14. The van der Waals surface area contributed by atoms with Gasteiger partial charge in [0.25, 0.3) is 0 Å². The molecule has 1 aromatic heterocycles. The monoisotopic (exact) mass is 247 g/mol. The van der Waals surface area contributed by atoms with Gasteiger partial charge in [-0.3, -0.25) is 0 Å². The number of nitrogens with one attached hydrogen (secondary N) is 1. The minimum atomic E-state index is 1.15. The summed E-state index contributed by atoms with van der Waals surface area (Å²) in [6, 6.07) is 13.2. The van der Waals surface area contributed by atoms with Crippen LogP contribution in [0.1, 0.15) is 22.3 Å². The molecule has 0 radical (unpaired) electrons. The first kappa shape index (κ1) is 10.9. The molecule has 1 nitrogen and oxygen atoms in total. The Morgan fingerprint density at radius 3 is 2.58 bits per heavy atom. The van der Waals surface area contributed by atoms with Crippen LogP contribution in [0.15, 0.2) is 36.4 Å². The van der Waals surface area contributed by atoms with Crippen LogP contribution in [0.25, 0.3) is 22.2 Å². The first-order valence-corrected chi connectivity index (χ1v) is 6.95. The van der Waals surface area contributed by atoms with E-state index in [0.717, 1.165) is 12.8 Å². The van der Waals surface area contributed by atoms with Crippen molar-refractivity contribution < 1.29 is 0 Å². The van der Waals surface area contributed by atoms with Crippen LogP contribution in [-0.4, -0.2) is 4.98 Å². The normalized spacial score (nSPS) is 13.4. The Morgan fingerprint density at radius 1 is 0.895 bits per heavy atom. The van der Waals surface area contributed by atoms with Crippen LogP contribution in [0, 0.1) is 13.8 Å². The Morgan fingerprint density at radius 2 is 1.68 bits per heavy atom. The lowest BCUT2D eigenvalue weighted by Crippen LogP contribution is -2.02. The van der Waals surface area contributed by atoms with Gasteiger partial charge >= 0.3 is 0 Å². The van der Waals surface area contributed by atoms with Crippen molar-refractivity contribution >= 4 is 10.9 Å². The van der Waals surface area contributed by atoms with Crippen molar-refractivity contribution in [3.05, 3.63) is 58.7 Å². The molecule has 3 aromatic rings. The topological polar surface area (TPSA) is 15.8 Å². The van der Waals surface area contributed by atoms with Crippen molar-refractivity contribution in [2.45, 2.75) is 26.7 Å². The molecule has 0 bridgehead atoms. The van der Waals surface area contributed by atoms with Gasteiger partial charge in [0, 0.05) is 22.2 Å². The van der Waals surface area contributed by atoms with Crippen molar-refractivity contribution in [3.8, 4) is 11.3 Å². The summed E-state index contributed by atoms with van der Waals surface area (Å²) < 4.78 is 0. The number of aryl methyl sites for hydroxylation is 4. The minimum Gasteiger partial charge on any atom is -0.354 e. The van der Waals surface area contributed by atoms with Gasteiger partial charge in [-0.25, -0.2) is 0 Å². The molecular weight excluding hydrogens is 230 g/mol. The predicted molar refractivity (Wildman–Crippen MR) is 80.6 cm³/mol. The molecule has 2 aromatic carbocycles. The molecule has 0 aliphatic heterocycles. The van der Waals surface area contributed by atoms with Crippen molar-refractivity contribution in [3.63, 3.8) is 0 Å². The first-order chi connectivity index (χ1) is 9.25. The van der Waals surface area contributed by atoms with Gasteiger partial charge in [0.05, 0.1) is 0 Å². The lowest BCUT2D eigenvalue weighted by molar-refractivity contribution is 0.947. The third-order valence-electron chi connectivity index (χ3n) is 4.41. The van der Waals surface area contributed by atoms with E-state index >= 15 is 0 Å². The third kappa shape index (κ3) is 1.42. The zero-order chi connectivity index (χ0) is 13.0. The maximum Gasteiger partial charge on any atom is 0.0500 e. The van der Waals surface area contributed by atoms with Crippen LogP contribution >= 0.6 is 0 Å². The minimum absolute atomic E-state index is 1.15. The van der Waals surface area contributed by atoms with Gasteiger partial charge in [0.15, 0.2) is 0 Å². The van der Waals surface area contributed by atoms with E-state index in [2.05, 4.69) is 55.2 Å². The summed E-state index contributed by atoms with van der Waals surface area (Å²) in [5.74, 6) is 0. The average molecular weight is 247 g/mol. The molecule has 1 aliphatic rings. The SMILES string of the molecule is Cc1ccc(C)c2c3c([nH]c12)-c1ccccc1CC3. The fraction of sp³-hybridized carbons (Fsp3) is 0.222. The number of fused-ring (bicyclic) bond motifs is 5. The summed E-state index contributed by atoms with van der Waals surface area (Å²) in [7, 11) is 0. The molecule has 0 spiro atoms. The Kier molecular flexibility index (Phi) is 2.14. The van der Waals surface area contributed by atoms with Crippen molar-refractivity contribution in [2.24, 2.45) is 0 Å². The summed E-state index contributed by atoms with van der Waals surface area (Å²) >= 11 is 0. The zero-order valence-electron chi connectivity index (χ0n) is 11.4. The zero-order valence-corrected chi connectivity index (χ0v) is 11.4. The largest absolute Gasteiger partial charge is 0.354 e. The van der Waals surface area contributed by atoms with Crippen LogP contribution in [0.4, 0.5) is 0 Å². The second-order valence-electron chi connectivity index (χ2n) is 5.59. The summed E-state index contributed by atoms with van der Waals surface area (Å²) in [5, 5.41) is 1.45. The van der Waals surface area contributed by atoms with E-state index in [1.54, 1.807) is 0 Å². The molecule has 0 fully saturated rings. The van der Waals surface area contributed by atoms with Gasteiger partial charge in [-0.2, -0.15) is 0 Å². The molecular formula is C18H17N. The highest BCUT2D eigenvalue weighted by Crippen LogP contribution is 2.39. The van der Waals surface area contributed by atoms with E-state index in [1.807, 2.05) is 0 Å². The Bertz CT molecular complexity index is 793. The maximum absolute atomic E-state index is 3.68. The van der Waals surface area contributed by atoms with Crippen molar-refractivity contribution in [1.29, 1.82) is 0 Å². The lowest BCUT2D eigenvalue weighted by Gasteiger charge is -2.16. The molecule has 0 saturated heterocycles. The Hall–Kier alpha value is -2.02. The van der Waals surface area contributed by atoms with Gasteiger partial charge in [0.2, 0.25) is 0 Å². The highest BCUT2D eigenvalue weighted by molar-refractivity contribution is 5.96. The first-order valence-electron chi connectivity index (χ1n) is 6.95. The lowest BCUT2D eigenvalue weighted by atomic mass is 9.88. The highest BCUT2D eigenvalue weighted by atomic mass is 14.7. The van der Waals surface area contributed by atoms with Crippen molar-refractivity contribution in [1.82, 2.24) is 4.98 Å². The molecule has 0 saturated carbocycles. The van der Waals surface area contributed by atoms with Crippen LogP contribution < -0.4 is 0 Å². The molecule has 4 rings (SSSR count).